The zero-order chi connectivity index (χ0) is 17.3. The molecule has 126 valence electrons. The Kier molecular flexibility index (Phi) is 5.35. The topological polar surface area (TPSA) is 69.3 Å². The van der Waals surface area contributed by atoms with Gasteiger partial charge in [0.25, 0.3) is 0 Å². The normalized spacial score (nSPS) is 10.8. The lowest BCUT2D eigenvalue weighted by molar-refractivity contribution is -0.195. The van der Waals surface area contributed by atoms with Crippen LogP contribution in [0.15, 0.2) is 96.2 Å². The monoisotopic (exact) mass is 335 g/mol. The van der Waals surface area contributed by atoms with Gasteiger partial charge in [0.2, 0.25) is 0 Å². The molecule has 0 amide bonds. The number of oxime groups is 1. The molecule has 0 spiro atoms. The minimum absolute atomic E-state index is 0.100. The van der Waals surface area contributed by atoms with Crippen LogP contribution in [0.5, 0.6) is 17.2 Å². The summed E-state index contributed by atoms with van der Waals surface area (Å²) in [6, 6.07) is 27.3. The summed E-state index contributed by atoms with van der Waals surface area (Å²) < 4.78 is 0. The molecule has 0 radical (unpaired) electrons. The van der Waals surface area contributed by atoms with Crippen molar-refractivity contribution in [3.63, 3.8) is 0 Å². The summed E-state index contributed by atoms with van der Waals surface area (Å²) in [5.41, 5.74) is 5.96. The second-order valence-corrected chi connectivity index (χ2v) is 4.92. The second-order valence-electron chi connectivity index (χ2n) is 4.92. The van der Waals surface area contributed by atoms with Gasteiger partial charge in [0.15, 0.2) is 17.2 Å². The molecule has 0 heterocycles. The van der Waals surface area contributed by atoms with Gasteiger partial charge in [-0.15, -0.1) is 0 Å². The molecule has 0 aliphatic rings. The van der Waals surface area contributed by atoms with Gasteiger partial charge < -0.3 is 20.2 Å². The Morgan fingerprint density at radius 1 is 0.640 bits per heavy atom. The van der Waals surface area contributed by atoms with Crippen LogP contribution in [0.4, 0.5) is 0 Å². The van der Waals surface area contributed by atoms with Crippen LogP contribution in [0, 0.1) is 0 Å². The van der Waals surface area contributed by atoms with Gasteiger partial charge in [-0.2, -0.15) is 0 Å². The van der Waals surface area contributed by atoms with E-state index in [1.807, 2.05) is 54.6 Å². The predicted molar refractivity (Wildman–Crippen MR) is 94.7 cm³/mol. The second kappa shape index (κ2) is 8.26. The van der Waals surface area contributed by atoms with Crippen molar-refractivity contribution in [2.75, 3.05) is 0 Å². The number of hydroxylamine groups is 2. The first-order valence-electron chi connectivity index (χ1n) is 7.63. The Morgan fingerprint density at radius 2 is 1.04 bits per heavy atom. The molecule has 0 bridgehead atoms. The highest BCUT2D eigenvalue weighted by Gasteiger charge is 2.14. The molecule has 3 aromatic carbocycles. The summed E-state index contributed by atoms with van der Waals surface area (Å²) in [7, 11) is 0. The highest BCUT2D eigenvalue weighted by atomic mass is 17.0. The van der Waals surface area contributed by atoms with Crippen LogP contribution < -0.4 is 20.2 Å². The number of nitrogens with zero attached hydrogens (tertiary/aromatic N) is 2. The fourth-order valence-electron chi connectivity index (χ4n) is 1.88. The molecule has 0 atom stereocenters. The summed E-state index contributed by atoms with van der Waals surface area (Å²) in [6.45, 7) is 0. The summed E-state index contributed by atoms with van der Waals surface area (Å²) >= 11 is 0. The lowest BCUT2D eigenvalue weighted by Gasteiger charge is -2.21. The average molecular weight is 335 g/mol. The first kappa shape index (κ1) is 16.2. The van der Waals surface area contributed by atoms with E-state index in [2.05, 4.69) is 5.16 Å². The van der Waals surface area contributed by atoms with Crippen molar-refractivity contribution in [3.05, 3.63) is 91.0 Å². The molecule has 0 aromatic heterocycles. The van der Waals surface area contributed by atoms with E-state index in [4.69, 9.17) is 20.2 Å². The number of hydrogen-bond acceptors (Lipinski definition) is 4. The highest BCUT2D eigenvalue weighted by Crippen LogP contribution is 2.15. The van der Waals surface area contributed by atoms with E-state index in [9.17, 15) is 0 Å². The van der Waals surface area contributed by atoms with Gasteiger partial charge in [0.1, 0.15) is 0 Å². The molecule has 25 heavy (non-hydrogen) atoms. The molecule has 0 saturated carbocycles. The van der Waals surface area contributed by atoms with E-state index >= 15 is 0 Å². The molecule has 0 aliphatic heterocycles. The Balaban J connectivity index is 1.76. The van der Waals surface area contributed by atoms with E-state index in [0.29, 0.717) is 17.2 Å². The third-order valence-corrected chi connectivity index (χ3v) is 3.04. The molecule has 3 aromatic rings. The van der Waals surface area contributed by atoms with Gasteiger partial charge in [0, 0.05) is 5.23 Å². The maximum absolute atomic E-state index is 5.96. The maximum Gasteiger partial charge on any atom is 0.309 e. The minimum atomic E-state index is -0.100. The maximum atomic E-state index is 5.96. The molecule has 2 N–H and O–H groups in total. The average Bonchev–Trinajstić information content (AvgIpc) is 2.68. The molecule has 0 fully saturated rings. The quantitative estimate of drug-likeness (QED) is 0.423. The van der Waals surface area contributed by atoms with E-state index in [-0.39, 0.29) is 5.96 Å². The SMILES string of the molecule is NC(=NOc1ccccc1)N(Oc1ccccc1)Oc1ccccc1. The Labute approximate surface area is 145 Å². The predicted octanol–water partition coefficient (Wildman–Crippen LogP) is 3.59. The molecular weight excluding hydrogens is 318 g/mol. The van der Waals surface area contributed by atoms with Gasteiger partial charge in [-0.05, 0) is 41.6 Å². The van der Waals surface area contributed by atoms with Crippen molar-refractivity contribution >= 4 is 5.96 Å². The molecule has 3 rings (SSSR count). The number of guanidine groups is 1. The van der Waals surface area contributed by atoms with Crippen molar-refractivity contribution in [2.45, 2.75) is 0 Å². The minimum Gasteiger partial charge on any atom is -0.361 e. The first-order chi connectivity index (χ1) is 12.3. The van der Waals surface area contributed by atoms with E-state index < -0.39 is 0 Å². The fourth-order valence-corrected chi connectivity index (χ4v) is 1.88. The van der Waals surface area contributed by atoms with Crippen LogP contribution in [0.1, 0.15) is 0 Å². The van der Waals surface area contributed by atoms with Gasteiger partial charge in [-0.25, -0.2) is 0 Å². The van der Waals surface area contributed by atoms with Crippen LogP contribution in [0.25, 0.3) is 0 Å². The zero-order valence-corrected chi connectivity index (χ0v) is 13.4. The third-order valence-electron chi connectivity index (χ3n) is 3.04. The van der Waals surface area contributed by atoms with Crippen LogP contribution in [0.3, 0.4) is 0 Å². The van der Waals surface area contributed by atoms with Gasteiger partial charge in [-0.1, -0.05) is 54.6 Å². The van der Waals surface area contributed by atoms with Crippen molar-refractivity contribution in [2.24, 2.45) is 10.9 Å². The van der Waals surface area contributed by atoms with E-state index in [0.717, 1.165) is 5.23 Å². The van der Waals surface area contributed by atoms with Crippen LogP contribution in [-0.2, 0) is 0 Å². The Hall–Kier alpha value is -3.67. The van der Waals surface area contributed by atoms with Crippen molar-refractivity contribution < 1.29 is 14.5 Å². The lowest BCUT2D eigenvalue weighted by Crippen LogP contribution is -2.42. The fraction of sp³-hybridized carbons (Fsp3) is 0. The first-order valence-corrected chi connectivity index (χ1v) is 7.63. The molecule has 0 aliphatic carbocycles. The lowest BCUT2D eigenvalue weighted by atomic mass is 10.3. The summed E-state index contributed by atoms with van der Waals surface area (Å²) in [5.74, 6) is 1.52. The third kappa shape index (κ3) is 4.90. The number of rotatable bonds is 6. The number of hydrogen-bond donors (Lipinski definition) is 1. The summed E-state index contributed by atoms with van der Waals surface area (Å²) in [5, 5.41) is 4.85. The van der Waals surface area contributed by atoms with Crippen molar-refractivity contribution in [1.82, 2.24) is 5.23 Å². The van der Waals surface area contributed by atoms with Gasteiger partial charge >= 0.3 is 5.96 Å². The number of para-hydroxylation sites is 3. The van der Waals surface area contributed by atoms with Crippen LogP contribution >= 0.6 is 0 Å². The van der Waals surface area contributed by atoms with Crippen LogP contribution in [0.2, 0.25) is 0 Å². The summed E-state index contributed by atoms with van der Waals surface area (Å²) in [6.07, 6.45) is 0. The largest absolute Gasteiger partial charge is 0.361 e. The van der Waals surface area contributed by atoms with Gasteiger partial charge in [0.05, 0.1) is 0 Å². The standard InChI is InChI=1S/C19H17N3O3/c20-19(21-23-16-10-4-1-5-11-16)22(24-17-12-6-2-7-13-17)25-18-14-8-3-9-15-18/h1-15H,(H2,20,21). The van der Waals surface area contributed by atoms with E-state index in [1.165, 1.54) is 0 Å². The number of benzene rings is 3. The van der Waals surface area contributed by atoms with Crippen LogP contribution in [-0.4, -0.2) is 11.2 Å². The smallest absolute Gasteiger partial charge is 0.309 e. The number of nitrogens with two attached hydrogens (primary N) is 1. The molecular formula is C19H17N3O3. The molecule has 0 saturated heterocycles. The Morgan fingerprint density at radius 3 is 1.48 bits per heavy atom. The molecule has 6 heteroatoms. The molecule has 6 nitrogen and oxygen atoms in total. The highest BCUT2D eigenvalue weighted by molar-refractivity contribution is 5.75. The van der Waals surface area contributed by atoms with E-state index in [1.54, 1.807) is 36.4 Å². The van der Waals surface area contributed by atoms with Crippen molar-refractivity contribution in [1.29, 1.82) is 0 Å². The molecule has 0 unspecified atom stereocenters. The zero-order valence-electron chi connectivity index (χ0n) is 13.4. The summed E-state index contributed by atoms with van der Waals surface area (Å²) in [4.78, 5) is 16.6. The van der Waals surface area contributed by atoms with Gasteiger partial charge in [-0.3, -0.25) is 0 Å². The van der Waals surface area contributed by atoms with Crippen molar-refractivity contribution in [3.8, 4) is 17.2 Å². The Bertz CT molecular complexity index is 754.